The molecule has 7 aliphatic heterocycles. The fourth-order valence-corrected chi connectivity index (χ4v) is 15.9. The molecule has 578 valence electrons. The van der Waals surface area contributed by atoms with Gasteiger partial charge < -0.3 is 91.6 Å². The van der Waals surface area contributed by atoms with Gasteiger partial charge in [0.1, 0.15) is 65.3 Å². The predicted molar refractivity (Wildman–Crippen MR) is 393 cm³/mol. The number of carboxylic acids is 1. The number of nitrogens with one attached hydrogen (secondary N) is 5. The van der Waals surface area contributed by atoms with Crippen molar-refractivity contribution in [2.75, 3.05) is 64.2 Å². The number of hydrogen-bond acceptors (Lipinski definition) is 18. The van der Waals surface area contributed by atoms with Crippen molar-refractivity contribution in [3.8, 4) is 23.0 Å². The number of unbranched alkanes of at least 4 members (excludes halogenated alkanes) is 1. The van der Waals surface area contributed by atoms with Gasteiger partial charge in [-0.3, -0.25) is 52.7 Å². The molecule has 0 aliphatic carbocycles. The molecule has 0 unspecified atom stereocenters. The number of esters is 1. The van der Waals surface area contributed by atoms with Gasteiger partial charge in [0.2, 0.25) is 59.1 Å². The van der Waals surface area contributed by atoms with Crippen molar-refractivity contribution >= 4 is 94.0 Å². The van der Waals surface area contributed by atoms with Crippen molar-refractivity contribution in [3.63, 3.8) is 0 Å². The van der Waals surface area contributed by atoms with E-state index < -0.39 is 126 Å². The van der Waals surface area contributed by atoms with Crippen LogP contribution in [-0.4, -0.2) is 233 Å². The number of primary amides is 1. The lowest BCUT2D eigenvalue weighted by Gasteiger charge is -2.36. The maximum Gasteiger partial charge on any atom is 0.340 e. The Morgan fingerprint density at radius 2 is 1.27 bits per heavy atom. The Balaban J connectivity index is 0.768. The van der Waals surface area contributed by atoms with Gasteiger partial charge in [-0.05, 0) is 178 Å². The molecule has 4 fully saturated rings. The number of aliphatic carboxylic acids is 1. The van der Waals surface area contributed by atoms with Crippen molar-refractivity contribution in [3.05, 3.63) is 89.0 Å². The van der Waals surface area contributed by atoms with Gasteiger partial charge in [-0.2, -0.15) is 0 Å². The number of carbonyl (C=O) groups excluding carboxylic acids is 11. The molecular formula is C76H100N12O18S. The Kier molecular flexibility index (Phi) is 27.2. The highest BCUT2D eigenvalue weighted by Gasteiger charge is 2.54. The summed E-state index contributed by atoms with van der Waals surface area (Å²) in [5.41, 5.74) is 6.29. The molecule has 7 heterocycles. The van der Waals surface area contributed by atoms with Crippen molar-refractivity contribution < 1.29 is 87.4 Å². The Bertz CT molecular complexity index is 3840. The third kappa shape index (κ3) is 19.3. The van der Waals surface area contributed by atoms with E-state index in [1.807, 2.05) is 0 Å². The number of nitrogens with zero attached hydrogens (tertiary/aromatic N) is 6. The number of likely N-dealkylation sites (tertiary alicyclic amines) is 1. The number of thiocarbonyl (C=S) groups is 1. The van der Waals surface area contributed by atoms with E-state index in [-0.39, 0.29) is 111 Å². The van der Waals surface area contributed by atoms with E-state index in [4.69, 9.17) is 27.4 Å². The van der Waals surface area contributed by atoms with Crippen LogP contribution in [0.1, 0.15) is 189 Å². The van der Waals surface area contributed by atoms with Gasteiger partial charge in [0.15, 0.2) is 10.7 Å². The summed E-state index contributed by atoms with van der Waals surface area (Å²) in [6.07, 6.45) is 13.5. The lowest BCUT2D eigenvalue weighted by atomic mass is 9.77. The molecule has 0 radical (unpaired) electrons. The zero-order valence-corrected chi connectivity index (χ0v) is 61.6. The molecule has 3 aromatic carbocycles. The van der Waals surface area contributed by atoms with Crippen LogP contribution in [0.2, 0.25) is 0 Å². The molecule has 0 aromatic heterocycles. The van der Waals surface area contributed by atoms with Crippen LogP contribution in [-0.2, 0) is 63.1 Å². The largest absolute Gasteiger partial charge is 0.508 e. The number of allylic oxidation sites excluding steroid dienone is 2. The average Bonchev–Trinajstić information content (AvgIpc) is 1.62. The van der Waals surface area contributed by atoms with Crippen molar-refractivity contribution in [2.45, 2.75) is 216 Å². The Morgan fingerprint density at radius 1 is 0.664 bits per heavy atom. The molecule has 10 rings (SSSR count). The minimum Gasteiger partial charge on any atom is -0.508 e. The first kappa shape index (κ1) is 79.6. The van der Waals surface area contributed by atoms with Crippen molar-refractivity contribution in [1.29, 1.82) is 0 Å². The molecule has 107 heavy (non-hydrogen) atoms. The van der Waals surface area contributed by atoms with Crippen molar-refractivity contribution in [1.82, 2.24) is 50.7 Å². The molecule has 0 saturated carbocycles. The normalized spacial score (nSPS) is 23.4. The van der Waals surface area contributed by atoms with Crippen LogP contribution < -0.4 is 37.1 Å². The molecule has 7 aliphatic rings. The van der Waals surface area contributed by atoms with Crippen LogP contribution in [0.3, 0.4) is 0 Å². The lowest BCUT2D eigenvalue weighted by molar-refractivity contribution is -0.150. The Labute approximate surface area is 626 Å². The molecule has 10 amide bonds. The number of phenols is 2. The number of amides is 10. The molecule has 1 spiro atoms. The molecule has 31 heteroatoms. The topological polar surface area (TPSA) is 410 Å². The number of nitrogens with two attached hydrogens (primary N) is 1. The van der Waals surface area contributed by atoms with Gasteiger partial charge in [0, 0.05) is 93.2 Å². The van der Waals surface area contributed by atoms with Gasteiger partial charge in [-0.25, -0.2) is 4.79 Å². The van der Waals surface area contributed by atoms with E-state index in [1.54, 1.807) is 35.2 Å². The summed E-state index contributed by atoms with van der Waals surface area (Å²) in [4.78, 5) is 175. The van der Waals surface area contributed by atoms with E-state index in [1.165, 1.54) is 62.6 Å². The number of aliphatic hydroxyl groups is 1. The highest BCUT2D eigenvalue weighted by Crippen LogP contribution is 2.57. The summed E-state index contributed by atoms with van der Waals surface area (Å²) in [5, 5.41) is 55.3. The quantitative estimate of drug-likeness (QED) is 0.0436. The Morgan fingerprint density at radius 3 is 1.92 bits per heavy atom. The van der Waals surface area contributed by atoms with E-state index >= 15 is 0 Å². The molecule has 11 N–H and O–H groups in total. The number of hydrogen-bond donors (Lipinski definition) is 10. The molecule has 3 aromatic rings. The summed E-state index contributed by atoms with van der Waals surface area (Å²) in [6.45, 7) is 3.37. The standard InChI is InChI=1S/C76H100N12O18S/c1-46-70(100)87-39-20-24-59(87)73(103)88-40-19-23-58(88)72(102)83(44-62(92)81-55(67(77)97)32-33-65(95)96)35-15-11-9-7-5-3-4-6-8-10-12-16-36-84(45-64(94)85-37-17-21-56(85)68(98)82-66(47(2)89)69(99)79-46)71(101)57-22-18-38-86(57)63(93)25-13-14-34-78-75(107)80-48-26-29-51-54(41-48)76(106-74(51)104)52-30-27-49(90)42-60(52)105-61-43-50(91)28-31-53(61)76/h3-4,26-31,41-43,46-47,55-59,66,89-91H,5-25,32-40,44-45H2,1-2H3,(H2,77,97)(H,79,99)(H,81,92)(H,82,98)(H,95,96)(H2,78,80,107)/t46-,47+,55-,56-,57-,58-,59-,66-/m0/s1. The van der Waals surface area contributed by atoms with Crippen LogP contribution in [0.4, 0.5) is 5.69 Å². The second-order valence-corrected chi connectivity index (χ2v) is 29.2. The number of rotatable bonds is 15. The molecule has 4 saturated heterocycles. The zero-order chi connectivity index (χ0) is 76.6. The maximum absolute atomic E-state index is 14.9. The molecule has 8 atom stereocenters. The highest BCUT2D eigenvalue weighted by molar-refractivity contribution is 7.80. The van der Waals surface area contributed by atoms with Crippen LogP contribution in [0.5, 0.6) is 23.0 Å². The van der Waals surface area contributed by atoms with E-state index in [2.05, 4.69) is 38.7 Å². The summed E-state index contributed by atoms with van der Waals surface area (Å²) < 4.78 is 12.3. The van der Waals surface area contributed by atoms with E-state index in [0.29, 0.717) is 105 Å². The second kappa shape index (κ2) is 36.6. The first-order valence-corrected chi connectivity index (χ1v) is 38.0. The summed E-state index contributed by atoms with van der Waals surface area (Å²) in [5.74, 6) is -7.49. The number of carbonyl (C=O) groups is 12. The summed E-state index contributed by atoms with van der Waals surface area (Å²) >= 11 is 5.70. The van der Waals surface area contributed by atoms with Crippen LogP contribution in [0, 0.1) is 0 Å². The summed E-state index contributed by atoms with van der Waals surface area (Å²) in [6, 6.07) is 5.98. The smallest absolute Gasteiger partial charge is 0.340 e. The van der Waals surface area contributed by atoms with E-state index in [0.717, 1.165) is 44.9 Å². The minimum absolute atomic E-state index is 0.0734. The van der Waals surface area contributed by atoms with Gasteiger partial charge >= 0.3 is 11.9 Å². The summed E-state index contributed by atoms with van der Waals surface area (Å²) in [7, 11) is 0. The second-order valence-electron chi connectivity index (χ2n) is 28.8. The van der Waals surface area contributed by atoms with Gasteiger partial charge in [-0.1, -0.05) is 37.8 Å². The SMILES string of the molecule is C[C@@H]1NC(=O)[C@H]([C@@H](C)O)NC(=O)[C@@H]2CCCN2C(=O)CN(C(=O)[C@@H]2CCCN2C(=O)CCCCNC(=S)Nc2ccc3c(c2)C2(OC3=O)c3ccc(O)cc3Oc3cc(O)ccc32)CCCCCCC=CCCCCCCN(CC(=O)N[C@@H](CCC(=O)O)C(N)=O)C(=O)[C@@H]2CCCN2C(=O)[C@@H]2CCCN2C1=O. The third-order valence-electron chi connectivity index (χ3n) is 21.2. The maximum atomic E-state index is 14.9. The highest BCUT2D eigenvalue weighted by atomic mass is 32.1. The third-order valence-corrected chi connectivity index (χ3v) is 21.4. The Hall–Kier alpha value is -9.91. The first-order valence-electron chi connectivity index (χ1n) is 37.6. The van der Waals surface area contributed by atoms with Gasteiger partial charge in [0.05, 0.1) is 24.8 Å². The van der Waals surface area contributed by atoms with Crippen LogP contribution >= 0.6 is 12.2 Å². The fraction of sp³-hybridized carbons (Fsp3) is 0.566. The average molecular weight is 1500 g/mol. The lowest BCUT2D eigenvalue weighted by Crippen LogP contribution is -2.60. The molecule has 0 bridgehead atoms. The number of aromatic hydroxyl groups is 2. The van der Waals surface area contributed by atoms with Crippen LogP contribution in [0.25, 0.3) is 0 Å². The zero-order valence-electron chi connectivity index (χ0n) is 60.8. The minimum atomic E-state index is -1.60. The number of ether oxygens (including phenoxy) is 2. The van der Waals surface area contributed by atoms with Crippen LogP contribution in [0.15, 0.2) is 66.7 Å². The number of benzene rings is 3. The van der Waals surface area contributed by atoms with Gasteiger partial charge in [0.25, 0.3) is 0 Å². The molecule has 30 nitrogen and oxygen atoms in total. The predicted octanol–water partition coefficient (Wildman–Crippen LogP) is 4.42. The molecular weight excluding hydrogens is 1400 g/mol. The first-order chi connectivity index (χ1) is 51.3. The monoisotopic (exact) mass is 1500 g/mol. The number of fused-ring (bicyclic) bond motifs is 9. The number of phenolic OH excluding ortho intramolecular Hbond substituents is 2. The van der Waals surface area contributed by atoms with Crippen molar-refractivity contribution in [2.24, 2.45) is 5.73 Å². The fourth-order valence-electron chi connectivity index (χ4n) is 15.6. The van der Waals surface area contributed by atoms with E-state index in [9.17, 15) is 78.0 Å². The number of anilines is 1. The van der Waals surface area contributed by atoms with Gasteiger partial charge in [-0.15, -0.1) is 0 Å². The number of carboxylic acid groups (broad SMARTS) is 1. The number of aliphatic hydroxyl groups excluding tert-OH is 1.